The quantitative estimate of drug-likeness (QED) is 0.466. The average molecular weight is 466 g/mol. The zero-order valence-corrected chi connectivity index (χ0v) is 19.2. The first-order chi connectivity index (χ1) is 13.4. The second kappa shape index (κ2) is 9.57. The summed E-state index contributed by atoms with van der Waals surface area (Å²) in [6, 6.07) is 2.11. The summed E-state index contributed by atoms with van der Waals surface area (Å²) in [6.07, 6.45) is 3.93. The number of benzene rings is 1. The van der Waals surface area contributed by atoms with Crippen molar-refractivity contribution in [2.45, 2.75) is 51.9 Å². The molecule has 0 aliphatic heterocycles. The van der Waals surface area contributed by atoms with Crippen LogP contribution in [0.25, 0.3) is 0 Å². The lowest BCUT2D eigenvalue weighted by Gasteiger charge is -2.23. The number of thiazole rings is 1. The van der Waals surface area contributed by atoms with E-state index in [1.54, 1.807) is 0 Å². The zero-order chi connectivity index (χ0) is 21.8. The monoisotopic (exact) mass is 465 g/mol. The molecule has 5 nitrogen and oxygen atoms in total. The Bertz CT molecular complexity index is 943. The van der Waals surface area contributed by atoms with E-state index in [0.717, 1.165) is 37.6 Å². The van der Waals surface area contributed by atoms with Gasteiger partial charge < -0.3 is 5.32 Å². The average Bonchev–Trinajstić information content (AvgIpc) is 3.00. The summed E-state index contributed by atoms with van der Waals surface area (Å²) < 4.78 is 54.4. The predicted octanol–water partition coefficient (Wildman–Crippen LogP) is 6.14. The molecule has 29 heavy (non-hydrogen) atoms. The maximum atomic E-state index is 14.5. The fourth-order valence-corrected chi connectivity index (χ4v) is 4.85. The van der Waals surface area contributed by atoms with Crippen LogP contribution < -0.4 is 10.0 Å². The molecule has 0 spiro atoms. The van der Waals surface area contributed by atoms with Crippen molar-refractivity contribution in [1.82, 2.24) is 4.98 Å². The van der Waals surface area contributed by atoms with E-state index >= 15 is 0 Å². The molecule has 1 aromatic carbocycles. The zero-order valence-electron chi connectivity index (χ0n) is 16.9. The summed E-state index contributed by atoms with van der Waals surface area (Å²) in [5.41, 5.74) is 0.568. The van der Waals surface area contributed by atoms with Crippen molar-refractivity contribution in [1.29, 1.82) is 0 Å². The number of anilines is 2. The van der Waals surface area contributed by atoms with E-state index in [9.17, 15) is 17.2 Å². The van der Waals surface area contributed by atoms with Gasteiger partial charge in [-0.15, -0.1) is 0 Å². The summed E-state index contributed by atoms with van der Waals surface area (Å²) in [7, 11) is -4.29. The van der Waals surface area contributed by atoms with Crippen LogP contribution >= 0.6 is 22.9 Å². The van der Waals surface area contributed by atoms with Crippen molar-refractivity contribution < 1.29 is 17.2 Å². The van der Waals surface area contributed by atoms with Gasteiger partial charge in [0, 0.05) is 6.54 Å². The molecule has 0 fully saturated rings. The summed E-state index contributed by atoms with van der Waals surface area (Å²) in [5, 5.41) is 2.37. The van der Waals surface area contributed by atoms with Crippen LogP contribution in [0.2, 0.25) is 5.02 Å². The van der Waals surface area contributed by atoms with Gasteiger partial charge in [0.2, 0.25) is 0 Å². The molecule has 2 N–H and O–H groups in total. The van der Waals surface area contributed by atoms with Crippen LogP contribution in [0.4, 0.5) is 19.6 Å². The SMILES string of the molecule is CC[C@@H](CCC(C)(C)C)CNc1cc(F)c(S(=O)(=O)Nc2ncc(F)s2)cc1Cl. The fraction of sp³-hybridized carbons (Fsp3) is 0.526. The van der Waals surface area contributed by atoms with E-state index in [1.807, 2.05) is 0 Å². The number of aromatic nitrogens is 1. The highest BCUT2D eigenvalue weighted by molar-refractivity contribution is 7.93. The molecule has 10 heteroatoms. The molecule has 0 unspecified atom stereocenters. The minimum absolute atomic E-state index is 0.0859. The minimum Gasteiger partial charge on any atom is -0.383 e. The lowest BCUT2D eigenvalue weighted by molar-refractivity contribution is 0.323. The number of sulfonamides is 1. The van der Waals surface area contributed by atoms with Crippen molar-refractivity contribution in [3.05, 3.63) is 34.3 Å². The van der Waals surface area contributed by atoms with Gasteiger partial charge in [0.1, 0.15) is 10.7 Å². The molecule has 0 aliphatic carbocycles. The molecular weight excluding hydrogens is 440 g/mol. The number of hydrogen-bond donors (Lipinski definition) is 2. The van der Waals surface area contributed by atoms with Gasteiger partial charge in [0.25, 0.3) is 10.0 Å². The molecular formula is C19H26ClF2N3O2S2. The first-order valence-electron chi connectivity index (χ1n) is 9.28. The van der Waals surface area contributed by atoms with Crippen molar-refractivity contribution in [3.8, 4) is 0 Å². The maximum Gasteiger partial charge on any atom is 0.266 e. The summed E-state index contributed by atoms with van der Waals surface area (Å²) in [6.45, 7) is 9.26. The smallest absolute Gasteiger partial charge is 0.266 e. The lowest BCUT2D eigenvalue weighted by atomic mass is 9.86. The van der Waals surface area contributed by atoms with Gasteiger partial charge in [-0.3, -0.25) is 4.72 Å². The first-order valence-corrected chi connectivity index (χ1v) is 12.0. The summed E-state index contributed by atoms with van der Waals surface area (Å²) in [5.74, 6) is -0.567. The van der Waals surface area contributed by atoms with Crippen LogP contribution in [0.15, 0.2) is 23.2 Å². The van der Waals surface area contributed by atoms with Crippen LogP contribution in [-0.4, -0.2) is 19.9 Å². The van der Waals surface area contributed by atoms with Crippen LogP contribution in [0.1, 0.15) is 47.0 Å². The Morgan fingerprint density at radius 2 is 1.97 bits per heavy atom. The third-order valence-electron chi connectivity index (χ3n) is 4.47. The minimum atomic E-state index is -4.29. The molecule has 1 heterocycles. The van der Waals surface area contributed by atoms with Gasteiger partial charge >= 0.3 is 0 Å². The van der Waals surface area contributed by atoms with E-state index in [0.29, 0.717) is 29.5 Å². The van der Waals surface area contributed by atoms with Crippen molar-refractivity contribution in [2.24, 2.45) is 11.3 Å². The molecule has 0 aliphatic rings. The molecule has 0 bridgehead atoms. The molecule has 2 aromatic rings. The second-order valence-electron chi connectivity index (χ2n) is 8.09. The van der Waals surface area contributed by atoms with E-state index in [4.69, 9.17) is 11.6 Å². The van der Waals surface area contributed by atoms with Crippen molar-refractivity contribution in [3.63, 3.8) is 0 Å². The van der Waals surface area contributed by atoms with Crippen LogP contribution in [0.5, 0.6) is 0 Å². The number of hydrogen-bond acceptors (Lipinski definition) is 5. The summed E-state index contributed by atoms with van der Waals surface area (Å²) in [4.78, 5) is 2.95. The van der Waals surface area contributed by atoms with E-state index in [-0.39, 0.29) is 15.6 Å². The number of nitrogens with one attached hydrogen (secondary N) is 2. The van der Waals surface area contributed by atoms with E-state index in [2.05, 4.69) is 42.7 Å². The molecule has 1 aromatic heterocycles. The van der Waals surface area contributed by atoms with Gasteiger partial charge in [0.15, 0.2) is 10.3 Å². The largest absolute Gasteiger partial charge is 0.383 e. The van der Waals surface area contributed by atoms with Gasteiger partial charge in [-0.1, -0.05) is 57.1 Å². The van der Waals surface area contributed by atoms with Crippen LogP contribution in [-0.2, 0) is 10.0 Å². The Kier molecular flexibility index (Phi) is 7.86. The lowest BCUT2D eigenvalue weighted by Crippen LogP contribution is -2.18. The Hall–Kier alpha value is -1.45. The number of nitrogens with zero attached hydrogens (tertiary/aromatic N) is 1. The molecule has 2 rings (SSSR count). The predicted molar refractivity (Wildman–Crippen MR) is 115 cm³/mol. The van der Waals surface area contributed by atoms with Crippen molar-refractivity contribution in [2.75, 3.05) is 16.6 Å². The van der Waals surface area contributed by atoms with E-state index < -0.39 is 25.9 Å². The molecule has 0 saturated carbocycles. The highest BCUT2D eigenvalue weighted by Crippen LogP contribution is 2.31. The topological polar surface area (TPSA) is 71.1 Å². The van der Waals surface area contributed by atoms with Gasteiger partial charge in [-0.25, -0.2) is 17.8 Å². The highest BCUT2D eigenvalue weighted by Gasteiger charge is 2.23. The van der Waals surface area contributed by atoms with Crippen molar-refractivity contribution >= 4 is 43.8 Å². The molecule has 0 radical (unpaired) electrons. The Balaban J connectivity index is 2.12. The van der Waals surface area contributed by atoms with Gasteiger partial charge in [-0.05, 0) is 36.3 Å². The Morgan fingerprint density at radius 1 is 1.28 bits per heavy atom. The second-order valence-corrected chi connectivity index (χ2v) is 11.1. The normalized spacial score (nSPS) is 13.3. The van der Waals surface area contributed by atoms with Crippen LogP contribution in [0.3, 0.4) is 0 Å². The standard InChI is InChI=1S/C19H26ClF2N3O2S2/c1-5-12(6-7-19(2,3)4)10-23-15-9-14(21)16(8-13(15)20)29(26,27)25-18-24-11-17(22)28-18/h8-9,11-12,23H,5-7,10H2,1-4H3,(H,24,25)/t12-/m0/s1. The molecule has 0 saturated heterocycles. The molecule has 162 valence electrons. The number of rotatable bonds is 9. The Morgan fingerprint density at radius 3 is 2.52 bits per heavy atom. The summed E-state index contributed by atoms with van der Waals surface area (Å²) >= 11 is 6.70. The molecule has 0 amide bonds. The molecule has 1 atom stereocenters. The van der Waals surface area contributed by atoms with Gasteiger partial charge in [-0.2, -0.15) is 4.39 Å². The maximum absolute atomic E-state index is 14.5. The highest BCUT2D eigenvalue weighted by atomic mass is 35.5. The fourth-order valence-electron chi connectivity index (χ4n) is 2.68. The van der Waals surface area contributed by atoms with Gasteiger partial charge in [0.05, 0.1) is 16.9 Å². The first kappa shape index (κ1) is 23.8. The number of halogens is 3. The Labute approximate surface area is 179 Å². The van der Waals surface area contributed by atoms with E-state index in [1.165, 1.54) is 0 Å². The third-order valence-corrected chi connectivity index (χ3v) is 6.97. The van der Waals surface area contributed by atoms with Crippen LogP contribution in [0, 0.1) is 22.3 Å². The third kappa shape index (κ3) is 7.08.